The van der Waals surface area contributed by atoms with Crippen LogP contribution in [0, 0.1) is 5.92 Å². The highest BCUT2D eigenvalue weighted by molar-refractivity contribution is 6.99. The Bertz CT molecular complexity index is 1070. The summed E-state index contributed by atoms with van der Waals surface area (Å²) in [4.78, 5) is 0. The van der Waals surface area contributed by atoms with E-state index in [0.29, 0.717) is 18.8 Å². The van der Waals surface area contributed by atoms with Crippen molar-refractivity contribution >= 4 is 18.7 Å². The Kier molecular flexibility index (Phi) is 10.9. The largest absolute Gasteiger partial charge is 0.497 e. The van der Waals surface area contributed by atoms with E-state index in [9.17, 15) is 5.11 Å². The summed E-state index contributed by atoms with van der Waals surface area (Å²) in [6, 6.07) is 28.7. The van der Waals surface area contributed by atoms with Crippen LogP contribution in [0.15, 0.2) is 97.1 Å². The fourth-order valence-corrected chi connectivity index (χ4v) is 9.39. The Hall–Kier alpha value is -2.74. The second kappa shape index (κ2) is 13.9. The van der Waals surface area contributed by atoms with Crippen molar-refractivity contribution in [1.82, 2.24) is 0 Å². The summed E-state index contributed by atoms with van der Waals surface area (Å²) in [7, 11) is -1.09. The third-order valence-corrected chi connectivity index (χ3v) is 11.8. The van der Waals surface area contributed by atoms with Gasteiger partial charge in [0.15, 0.2) is 0 Å². The average Bonchev–Trinajstić information content (AvgIpc) is 2.92. The zero-order valence-corrected chi connectivity index (χ0v) is 24.4. The number of methoxy groups -OCH3 is 1. The molecule has 204 valence electrons. The first-order valence-electron chi connectivity index (χ1n) is 13.1. The van der Waals surface area contributed by atoms with Crippen LogP contribution in [0.2, 0.25) is 5.04 Å². The lowest BCUT2D eigenvalue weighted by Gasteiger charge is -2.44. The van der Waals surface area contributed by atoms with E-state index in [1.165, 1.54) is 10.4 Å². The molecule has 0 saturated heterocycles. The van der Waals surface area contributed by atoms with Crippen LogP contribution in [0.3, 0.4) is 0 Å². The molecule has 6 heteroatoms. The van der Waals surface area contributed by atoms with E-state index < -0.39 is 14.4 Å². The highest BCUT2D eigenvalue weighted by Gasteiger charge is 2.50. The van der Waals surface area contributed by atoms with Crippen molar-refractivity contribution in [3.63, 3.8) is 0 Å². The molecule has 2 atom stereocenters. The molecule has 0 radical (unpaired) electrons. The van der Waals surface area contributed by atoms with E-state index >= 15 is 0 Å². The summed E-state index contributed by atoms with van der Waals surface area (Å²) in [5.41, 5.74) is 1.71. The summed E-state index contributed by atoms with van der Waals surface area (Å²) in [5.74, 6) is 0.515. The van der Waals surface area contributed by atoms with Gasteiger partial charge in [-0.2, -0.15) is 0 Å². The molecule has 0 fully saturated rings. The third kappa shape index (κ3) is 7.43. The van der Waals surface area contributed by atoms with E-state index in [1.54, 1.807) is 7.11 Å². The first kappa shape index (κ1) is 29.8. The van der Waals surface area contributed by atoms with Crippen molar-refractivity contribution in [3.8, 4) is 5.75 Å². The Labute approximate surface area is 229 Å². The smallest absolute Gasteiger partial charge is 0.261 e. The second-order valence-corrected chi connectivity index (χ2v) is 15.0. The highest BCUT2D eigenvalue weighted by atomic mass is 28.4. The Balaban J connectivity index is 1.74. The van der Waals surface area contributed by atoms with E-state index in [4.69, 9.17) is 18.6 Å². The number of rotatable bonds is 14. The maximum atomic E-state index is 11.0. The van der Waals surface area contributed by atoms with E-state index in [0.717, 1.165) is 11.3 Å². The van der Waals surface area contributed by atoms with Crippen molar-refractivity contribution in [2.24, 2.45) is 5.92 Å². The minimum absolute atomic E-state index is 0.116. The van der Waals surface area contributed by atoms with Gasteiger partial charge in [0.2, 0.25) is 0 Å². The number of aliphatic hydroxyl groups excluding tert-OH is 1. The van der Waals surface area contributed by atoms with E-state index in [1.807, 2.05) is 43.3 Å². The normalized spacial score (nSPS) is 13.6. The molecule has 0 unspecified atom stereocenters. The molecular weight excluding hydrogens is 492 g/mol. The van der Waals surface area contributed by atoms with Gasteiger partial charge in [-0.05, 0) is 40.0 Å². The van der Waals surface area contributed by atoms with Crippen LogP contribution in [0.25, 0.3) is 0 Å². The van der Waals surface area contributed by atoms with Gasteiger partial charge >= 0.3 is 0 Å². The molecule has 0 spiro atoms. The van der Waals surface area contributed by atoms with Gasteiger partial charge in [-0.25, -0.2) is 0 Å². The minimum atomic E-state index is -2.74. The molecule has 0 amide bonds. The monoisotopic (exact) mass is 534 g/mol. The standard InChI is InChI=1S/C32H42O5Si/c1-25(2)31(33)27(22-36-24-35-21-26-17-19-28(34-6)20-18-26)23-37-38(32(3,4)5,29-13-9-7-10-14-29)30-15-11-8-12-16-30/h7-20,27,31,33H,1,21-24H2,2-6H3/t27-,31+/m0/s1. The molecule has 0 bridgehead atoms. The quantitative estimate of drug-likeness (QED) is 0.131. The SMILES string of the molecule is C=C(C)[C@@H](O)[C@@H](COCOCc1ccc(OC)cc1)CO[Si](c1ccccc1)(c1ccccc1)C(C)(C)C. The Morgan fingerprint density at radius 2 is 1.39 bits per heavy atom. The molecule has 0 saturated carbocycles. The fraction of sp³-hybridized carbons (Fsp3) is 0.375. The lowest BCUT2D eigenvalue weighted by Crippen LogP contribution is -2.67. The first-order valence-corrected chi connectivity index (χ1v) is 15.0. The molecule has 38 heavy (non-hydrogen) atoms. The van der Waals surface area contributed by atoms with E-state index in [2.05, 4.69) is 75.9 Å². The zero-order chi connectivity index (χ0) is 27.6. The maximum Gasteiger partial charge on any atom is 0.261 e. The first-order chi connectivity index (χ1) is 18.2. The van der Waals surface area contributed by atoms with Gasteiger partial charge < -0.3 is 23.7 Å². The number of hydrogen-bond donors (Lipinski definition) is 1. The Morgan fingerprint density at radius 1 is 0.842 bits per heavy atom. The van der Waals surface area contributed by atoms with Crippen molar-refractivity contribution in [2.75, 3.05) is 27.1 Å². The topological polar surface area (TPSA) is 57.2 Å². The van der Waals surface area contributed by atoms with Crippen LogP contribution < -0.4 is 15.1 Å². The number of hydrogen-bond acceptors (Lipinski definition) is 5. The van der Waals surface area contributed by atoms with E-state index in [-0.39, 0.29) is 24.4 Å². The number of benzene rings is 3. The molecule has 3 aromatic rings. The Morgan fingerprint density at radius 3 is 1.87 bits per heavy atom. The summed E-state index contributed by atoms with van der Waals surface area (Å²) in [5, 5.41) is 13.3. The molecule has 0 aliphatic rings. The van der Waals surface area contributed by atoms with Crippen molar-refractivity contribution in [3.05, 3.63) is 103 Å². The predicted octanol–water partition coefficient (Wildman–Crippen LogP) is 5.32. The molecule has 0 aliphatic carbocycles. The molecule has 5 nitrogen and oxygen atoms in total. The summed E-state index contributed by atoms with van der Waals surface area (Å²) in [6.45, 7) is 13.7. The van der Waals surface area contributed by atoms with Crippen LogP contribution in [-0.2, 0) is 20.5 Å². The van der Waals surface area contributed by atoms with Gasteiger partial charge in [0.25, 0.3) is 8.32 Å². The van der Waals surface area contributed by atoms with Gasteiger partial charge in [-0.3, -0.25) is 0 Å². The lowest BCUT2D eigenvalue weighted by molar-refractivity contribution is -0.0858. The molecule has 1 N–H and O–H groups in total. The summed E-state index contributed by atoms with van der Waals surface area (Å²) < 4.78 is 23.9. The zero-order valence-electron chi connectivity index (χ0n) is 23.4. The lowest BCUT2D eigenvalue weighted by atomic mass is 9.99. The highest BCUT2D eigenvalue weighted by Crippen LogP contribution is 2.37. The van der Waals surface area contributed by atoms with Crippen LogP contribution in [0.5, 0.6) is 5.75 Å². The van der Waals surface area contributed by atoms with Crippen LogP contribution >= 0.6 is 0 Å². The van der Waals surface area contributed by atoms with Crippen LogP contribution in [0.4, 0.5) is 0 Å². The molecule has 3 aromatic carbocycles. The average molecular weight is 535 g/mol. The van der Waals surface area contributed by atoms with Crippen molar-refractivity contribution in [2.45, 2.75) is 45.4 Å². The third-order valence-electron chi connectivity index (χ3n) is 6.81. The van der Waals surface area contributed by atoms with Gasteiger partial charge in [0, 0.05) is 12.5 Å². The number of aliphatic hydroxyl groups is 1. The van der Waals surface area contributed by atoms with Gasteiger partial charge in [-0.1, -0.05) is 106 Å². The molecular formula is C32H42O5Si. The second-order valence-electron chi connectivity index (χ2n) is 10.7. The van der Waals surface area contributed by atoms with Gasteiger partial charge in [0.1, 0.15) is 12.5 Å². The molecule has 0 aliphatic heterocycles. The summed E-state index contributed by atoms with van der Waals surface area (Å²) >= 11 is 0. The molecule has 0 heterocycles. The minimum Gasteiger partial charge on any atom is -0.497 e. The van der Waals surface area contributed by atoms with Crippen molar-refractivity contribution < 1.29 is 23.7 Å². The fourth-order valence-electron chi connectivity index (χ4n) is 4.77. The maximum absolute atomic E-state index is 11.0. The summed E-state index contributed by atoms with van der Waals surface area (Å²) in [6.07, 6.45) is -0.755. The number of ether oxygens (including phenoxy) is 3. The van der Waals surface area contributed by atoms with Crippen LogP contribution in [-0.4, -0.2) is 46.6 Å². The van der Waals surface area contributed by atoms with Crippen molar-refractivity contribution in [1.29, 1.82) is 0 Å². The van der Waals surface area contributed by atoms with Gasteiger partial charge in [0.05, 0.1) is 26.4 Å². The van der Waals surface area contributed by atoms with Gasteiger partial charge in [-0.15, -0.1) is 0 Å². The predicted molar refractivity (Wildman–Crippen MR) is 156 cm³/mol. The molecule has 3 rings (SSSR count). The molecule has 0 aromatic heterocycles. The van der Waals surface area contributed by atoms with Crippen LogP contribution in [0.1, 0.15) is 33.3 Å².